The first-order valence-electron chi connectivity index (χ1n) is 5.92. The molecular weight excluding hydrogens is 278 g/mol. The lowest BCUT2D eigenvalue weighted by molar-refractivity contribution is 0.0951. The average molecular weight is 292 g/mol. The Hall–Kier alpha value is -2.27. The summed E-state index contributed by atoms with van der Waals surface area (Å²) in [5.41, 5.74) is 7.35. The number of rotatable bonds is 4. The lowest BCUT2D eigenvalue weighted by Crippen LogP contribution is -2.23. The maximum absolute atomic E-state index is 12.0. The van der Waals surface area contributed by atoms with E-state index in [1.54, 1.807) is 37.6 Å². The van der Waals surface area contributed by atoms with Crippen molar-refractivity contribution >= 4 is 23.2 Å². The van der Waals surface area contributed by atoms with E-state index in [0.717, 1.165) is 5.56 Å². The molecule has 2 aromatic rings. The van der Waals surface area contributed by atoms with Gasteiger partial charge in [-0.3, -0.25) is 4.79 Å². The van der Waals surface area contributed by atoms with E-state index in [1.807, 2.05) is 6.07 Å². The Kier molecular flexibility index (Phi) is 4.42. The van der Waals surface area contributed by atoms with Crippen molar-refractivity contribution in [2.45, 2.75) is 6.54 Å². The third-order valence-corrected chi connectivity index (χ3v) is 3.02. The molecule has 3 N–H and O–H groups in total. The lowest BCUT2D eigenvalue weighted by Gasteiger charge is -2.08. The van der Waals surface area contributed by atoms with Crippen molar-refractivity contribution in [3.05, 3.63) is 52.7 Å². The third kappa shape index (κ3) is 3.39. The van der Waals surface area contributed by atoms with Gasteiger partial charge in [-0.2, -0.15) is 0 Å². The minimum absolute atomic E-state index is 0.280. The van der Waals surface area contributed by atoms with Gasteiger partial charge in [-0.15, -0.1) is 0 Å². The summed E-state index contributed by atoms with van der Waals surface area (Å²) in [6.07, 6.45) is 1.64. The number of aromatic nitrogens is 1. The van der Waals surface area contributed by atoms with Crippen LogP contribution in [0.2, 0.25) is 5.02 Å². The minimum atomic E-state index is -0.280. The van der Waals surface area contributed by atoms with Crippen LogP contribution in [-0.2, 0) is 6.54 Å². The van der Waals surface area contributed by atoms with E-state index in [1.165, 1.54) is 0 Å². The number of nitrogen functional groups attached to an aromatic ring is 1. The van der Waals surface area contributed by atoms with Crippen LogP contribution in [0.4, 0.5) is 5.69 Å². The molecule has 0 aliphatic heterocycles. The first kappa shape index (κ1) is 14.1. The molecule has 104 valence electrons. The molecule has 1 aromatic heterocycles. The Bertz CT molecular complexity index is 614. The number of nitrogens with zero attached hydrogens (tertiary/aromatic N) is 1. The highest BCUT2D eigenvalue weighted by Crippen LogP contribution is 2.18. The monoisotopic (exact) mass is 291 g/mol. The van der Waals surface area contributed by atoms with Gasteiger partial charge in [-0.25, -0.2) is 4.98 Å². The summed E-state index contributed by atoms with van der Waals surface area (Å²) in [6, 6.07) is 8.35. The van der Waals surface area contributed by atoms with Crippen molar-refractivity contribution in [3.63, 3.8) is 0 Å². The minimum Gasteiger partial charge on any atom is -0.481 e. The molecule has 0 saturated heterocycles. The SMILES string of the molecule is COc1ccc(CNC(=O)c2cc(N)ccc2Cl)cn1. The number of amides is 1. The number of halogens is 1. The van der Waals surface area contributed by atoms with Gasteiger partial charge < -0.3 is 15.8 Å². The molecule has 0 saturated carbocycles. The van der Waals surface area contributed by atoms with Crippen LogP contribution in [0.25, 0.3) is 0 Å². The standard InChI is InChI=1S/C14H14ClN3O2/c1-20-13-5-2-9(7-17-13)8-18-14(19)11-6-10(16)3-4-12(11)15/h2-7H,8,16H2,1H3,(H,18,19). The van der Waals surface area contributed by atoms with Crippen LogP contribution >= 0.6 is 11.6 Å². The van der Waals surface area contributed by atoms with Gasteiger partial charge in [-0.05, 0) is 23.8 Å². The number of nitrogens with two attached hydrogens (primary N) is 1. The fourth-order valence-corrected chi connectivity index (χ4v) is 1.83. The summed E-state index contributed by atoms with van der Waals surface area (Å²) in [7, 11) is 1.55. The van der Waals surface area contributed by atoms with Crippen molar-refractivity contribution in [1.29, 1.82) is 0 Å². The number of methoxy groups -OCH3 is 1. The quantitative estimate of drug-likeness (QED) is 0.847. The van der Waals surface area contributed by atoms with Crippen LogP contribution in [0.15, 0.2) is 36.5 Å². The average Bonchev–Trinajstić information content (AvgIpc) is 2.47. The fourth-order valence-electron chi connectivity index (χ4n) is 1.63. The zero-order valence-corrected chi connectivity index (χ0v) is 11.6. The van der Waals surface area contributed by atoms with Crippen LogP contribution in [0, 0.1) is 0 Å². The number of benzene rings is 1. The second kappa shape index (κ2) is 6.25. The van der Waals surface area contributed by atoms with Crippen molar-refractivity contribution in [2.24, 2.45) is 0 Å². The smallest absolute Gasteiger partial charge is 0.253 e. The molecule has 0 bridgehead atoms. The van der Waals surface area contributed by atoms with Crippen molar-refractivity contribution < 1.29 is 9.53 Å². The normalized spacial score (nSPS) is 10.1. The summed E-state index contributed by atoms with van der Waals surface area (Å²) in [4.78, 5) is 16.1. The maximum atomic E-state index is 12.0. The summed E-state index contributed by atoms with van der Waals surface area (Å²) in [6.45, 7) is 0.348. The van der Waals surface area contributed by atoms with E-state index in [2.05, 4.69) is 10.3 Å². The molecule has 0 spiro atoms. The molecule has 6 heteroatoms. The van der Waals surface area contributed by atoms with Gasteiger partial charge in [0, 0.05) is 24.5 Å². The molecular formula is C14H14ClN3O2. The highest BCUT2D eigenvalue weighted by atomic mass is 35.5. The molecule has 1 amide bonds. The molecule has 1 aromatic carbocycles. The molecule has 1 heterocycles. The third-order valence-electron chi connectivity index (χ3n) is 2.69. The van der Waals surface area contributed by atoms with Crippen LogP contribution in [0.1, 0.15) is 15.9 Å². The molecule has 0 fully saturated rings. The lowest BCUT2D eigenvalue weighted by atomic mass is 10.2. The molecule has 20 heavy (non-hydrogen) atoms. The second-order valence-electron chi connectivity index (χ2n) is 4.13. The van der Waals surface area contributed by atoms with Gasteiger partial charge in [0.2, 0.25) is 5.88 Å². The molecule has 0 atom stereocenters. The van der Waals surface area contributed by atoms with Crippen molar-refractivity contribution in [2.75, 3.05) is 12.8 Å². The first-order valence-corrected chi connectivity index (χ1v) is 6.30. The second-order valence-corrected chi connectivity index (χ2v) is 4.54. The summed E-state index contributed by atoms with van der Waals surface area (Å²) in [5.74, 6) is 0.247. The molecule has 0 aliphatic rings. The van der Waals surface area contributed by atoms with E-state index in [0.29, 0.717) is 28.7 Å². The highest BCUT2D eigenvalue weighted by Gasteiger charge is 2.10. The summed E-state index contributed by atoms with van der Waals surface area (Å²) >= 11 is 5.97. The van der Waals surface area contributed by atoms with Crippen LogP contribution in [0.5, 0.6) is 5.88 Å². The van der Waals surface area contributed by atoms with Gasteiger partial charge in [0.15, 0.2) is 0 Å². The maximum Gasteiger partial charge on any atom is 0.253 e. The number of carbonyl (C=O) groups excluding carboxylic acids is 1. The van der Waals surface area contributed by atoms with E-state index in [4.69, 9.17) is 22.1 Å². The molecule has 0 aliphatic carbocycles. The van der Waals surface area contributed by atoms with Crippen molar-refractivity contribution in [1.82, 2.24) is 10.3 Å². The molecule has 0 radical (unpaired) electrons. The number of pyridine rings is 1. The highest BCUT2D eigenvalue weighted by molar-refractivity contribution is 6.34. The van der Waals surface area contributed by atoms with E-state index in [9.17, 15) is 4.79 Å². The predicted octanol–water partition coefficient (Wildman–Crippen LogP) is 2.26. The zero-order valence-electron chi connectivity index (χ0n) is 10.9. The number of hydrogen-bond acceptors (Lipinski definition) is 4. The topological polar surface area (TPSA) is 77.2 Å². The van der Waals surface area contributed by atoms with Gasteiger partial charge in [-0.1, -0.05) is 17.7 Å². The summed E-state index contributed by atoms with van der Waals surface area (Å²) < 4.78 is 4.96. The first-order chi connectivity index (χ1) is 9.60. The van der Waals surface area contributed by atoms with E-state index < -0.39 is 0 Å². The Morgan fingerprint density at radius 1 is 1.40 bits per heavy atom. The largest absolute Gasteiger partial charge is 0.481 e. The Morgan fingerprint density at radius 3 is 2.85 bits per heavy atom. The van der Waals surface area contributed by atoms with Gasteiger partial charge in [0.1, 0.15) is 0 Å². The Balaban J connectivity index is 2.02. The van der Waals surface area contributed by atoms with Gasteiger partial charge in [0.05, 0.1) is 17.7 Å². The summed E-state index contributed by atoms with van der Waals surface area (Å²) in [5, 5.41) is 3.13. The van der Waals surface area contributed by atoms with Crippen LogP contribution in [-0.4, -0.2) is 18.0 Å². The molecule has 5 nitrogen and oxygen atoms in total. The van der Waals surface area contributed by atoms with E-state index >= 15 is 0 Å². The Morgan fingerprint density at radius 2 is 2.20 bits per heavy atom. The van der Waals surface area contributed by atoms with Crippen LogP contribution < -0.4 is 15.8 Å². The van der Waals surface area contributed by atoms with Gasteiger partial charge >= 0.3 is 0 Å². The van der Waals surface area contributed by atoms with Crippen molar-refractivity contribution in [3.8, 4) is 5.88 Å². The number of anilines is 1. The van der Waals surface area contributed by atoms with Gasteiger partial charge in [0.25, 0.3) is 5.91 Å². The number of carbonyl (C=O) groups is 1. The number of nitrogens with one attached hydrogen (secondary N) is 1. The predicted molar refractivity (Wildman–Crippen MR) is 77.8 cm³/mol. The van der Waals surface area contributed by atoms with E-state index in [-0.39, 0.29) is 5.91 Å². The van der Waals surface area contributed by atoms with Crippen LogP contribution in [0.3, 0.4) is 0 Å². The molecule has 2 rings (SSSR count). The fraction of sp³-hybridized carbons (Fsp3) is 0.143. The zero-order chi connectivity index (χ0) is 14.5. The number of ether oxygens (including phenoxy) is 1. The number of hydrogen-bond donors (Lipinski definition) is 2. The Labute approximate surface area is 121 Å². The molecule has 0 unspecified atom stereocenters.